The van der Waals surface area contributed by atoms with Gasteiger partial charge in [-0.3, -0.25) is 9.59 Å². The highest BCUT2D eigenvalue weighted by Crippen LogP contribution is 2.48. The van der Waals surface area contributed by atoms with Gasteiger partial charge in [0.2, 0.25) is 5.91 Å². The molecule has 1 aromatic heterocycles. The lowest BCUT2D eigenvalue weighted by atomic mass is 9.93. The second kappa shape index (κ2) is 9.04. The quantitative estimate of drug-likeness (QED) is 0.347. The van der Waals surface area contributed by atoms with E-state index in [1.165, 1.54) is 11.1 Å². The van der Waals surface area contributed by atoms with E-state index < -0.39 is 11.4 Å². The maximum absolute atomic E-state index is 12.9. The van der Waals surface area contributed by atoms with Crippen LogP contribution in [0.1, 0.15) is 47.2 Å². The fourth-order valence-corrected chi connectivity index (χ4v) is 5.36. The molecule has 2 aliphatic rings. The van der Waals surface area contributed by atoms with Gasteiger partial charge in [-0.15, -0.1) is 0 Å². The largest absolute Gasteiger partial charge is 0.481 e. The van der Waals surface area contributed by atoms with Gasteiger partial charge < -0.3 is 14.5 Å². The van der Waals surface area contributed by atoms with Crippen LogP contribution in [0.2, 0.25) is 0 Å². The SMILES string of the molecule is Cc1noc(-c2ccc(-c3ccc(C4(C(=O)O)CC4)cc3)cc2)c1CCC(=O)N1Cc2ccccc2C1. The van der Waals surface area contributed by atoms with E-state index in [9.17, 15) is 14.7 Å². The monoisotopic (exact) mass is 492 g/mol. The number of nitrogens with zero attached hydrogens (tertiary/aromatic N) is 2. The van der Waals surface area contributed by atoms with Crippen molar-refractivity contribution in [2.24, 2.45) is 0 Å². The zero-order valence-electron chi connectivity index (χ0n) is 20.7. The molecular weight excluding hydrogens is 464 g/mol. The minimum absolute atomic E-state index is 0.137. The summed E-state index contributed by atoms with van der Waals surface area (Å²) < 4.78 is 5.69. The van der Waals surface area contributed by atoms with Crippen LogP contribution in [0.5, 0.6) is 0 Å². The van der Waals surface area contributed by atoms with E-state index in [0.29, 0.717) is 44.5 Å². The second-order valence-electron chi connectivity index (χ2n) is 10.1. The lowest BCUT2D eigenvalue weighted by Crippen LogP contribution is -2.25. The van der Waals surface area contributed by atoms with E-state index in [1.807, 2.05) is 72.5 Å². The maximum Gasteiger partial charge on any atom is 0.314 e. The molecule has 3 aromatic carbocycles. The topological polar surface area (TPSA) is 83.6 Å². The highest BCUT2D eigenvalue weighted by Gasteiger charge is 2.51. The Bertz CT molecular complexity index is 1460. The Labute approximate surface area is 215 Å². The average molecular weight is 493 g/mol. The number of carboxylic acid groups (broad SMARTS) is 1. The molecular formula is C31H28N2O4. The number of benzene rings is 3. The minimum atomic E-state index is -0.741. The van der Waals surface area contributed by atoms with Gasteiger partial charge in [-0.2, -0.15) is 0 Å². The van der Waals surface area contributed by atoms with Crippen LogP contribution in [0.15, 0.2) is 77.3 Å². The van der Waals surface area contributed by atoms with E-state index in [0.717, 1.165) is 33.5 Å². The van der Waals surface area contributed by atoms with E-state index in [4.69, 9.17) is 4.52 Å². The van der Waals surface area contributed by atoms with Crippen molar-refractivity contribution < 1.29 is 19.2 Å². The predicted octanol–water partition coefficient (Wildman–Crippen LogP) is 5.91. The van der Waals surface area contributed by atoms with Crippen molar-refractivity contribution in [3.63, 3.8) is 0 Å². The molecule has 6 rings (SSSR count). The summed E-state index contributed by atoms with van der Waals surface area (Å²) in [5, 5.41) is 13.7. The summed E-state index contributed by atoms with van der Waals surface area (Å²) in [6.45, 7) is 3.26. The molecule has 1 saturated carbocycles. The minimum Gasteiger partial charge on any atom is -0.481 e. The molecule has 0 atom stereocenters. The number of carbonyl (C=O) groups excluding carboxylic acids is 1. The molecule has 4 aromatic rings. The van der Waals surface area contributed by atoms with Crippen molar-refractivity contribution in [1.29, 1.82) is 0 Å². The lowest BCUT2D eigenvalue weighted by Gasteiger charge is -2.15. The first-order chi connectivity index (χ1) is 17.9. The summed E-state index contributed by atoms with van der Waals surface area (Å²) in [5.74, 6) is 0.0986. The second-order valence-corrected chi connectivity index (χ2v) is 10.1. The summed E-state index contributed by atoms with van der Waals surface area (Å²) >= 11 is 0. The Kier molecular flexibility index (Phi) is 5.67. The third kappa shape index (κ3) is 4.22. The van der Waals surface area contributed by atoms with Gasteiger partial charge in [0.25, 0.3) is 0 Å². The van der Waals surface area contributed by atoms with Gasteiger partial charge in [0, 0.05) is 30.6 Å². The predicted molar refractivity (Wildman–Crippen MR) is 140 cm³/mol. The zero-order valence-corrected chi connectivity index (χ0v) is 20.7. The van der Waals surface area contributed by atoms with Crippen LogP contribution < -0.4 is 0 Å². The fraction of sp³-hybridized carbons (Fsp3) is 0.258. The molecule has 186 valence electrons. The van der Waals surface area contributed by atoms with Crippen LogP contribution in [0.25, 0.3) is 22.5 Å². The van der Waals surface area contributed by atoms with E-state index >= 15 is 0 Å². The summed E-state index contributed by atoms with van der Waals surface area (Å²) in [6, 6.07) is 24.1. The molecule has 37 heavy (non-hydrogen) atoms. The third-order valence-corrected chi connectivity index (χ3v) is 7.84. The van der Waals surface area contributed by atoms with Crippen molar-refractivity contribution >= 4 is 11.9 Å². The molecule has 1 amide bonds. The molecule has 0 unspecified atom stereocenters. The smallest absolute Gasteiger partial charge is 0.314 e. The number of carbonyl (C=O) groups is 2. The molecule has 0 bridgehead atoms. The maximum atomic E-state index is 12.9. The van der Waals surface area contributed by atoms with Crippen molar-refractivity contribution in [3.05, 3.63) is 101 Å². The molecule has 0 spiro atoms. The summed E-state index contributed by atoms with van der Waals surface area (Å²) in [5.41, 5.74) is 7.38. The van der Waals surface area contributed by atoms with Crippen molar-refractivity contribution in [3.8, 4) is 22.5 Å². The van der Waals surface area contributed by atoms with Crippen LogP contribution in [-0.4, -0.2) is 27.0 Å². The van der Waals surface area contributed by atoms with Gasteiger partial charge in [0.15, 0.2) is 5.76 Å². The van der Waals surface area contributed by atoms with E-state index in [-0.39, 0.29) is 5.91 Å². The zero-order chi connectivity index (χ0) is 25.6. The Balaban J connectivity index is 1.14. The van der Waals surface area contributed by atoms with Crippen molar-refractivity contribution in [1.82, 2.24) is 10.1 Å². The number of fused-ring (bicyclic) bond motifs is 1. The molecule has 0 saturated heterocycles. The van der Waals surface area contributed by atoms with Crippen LogP contribution in [0.4, 0.5) is 0 Å². The van der Waals surface area contributed by atoms with Gasteiger partial charge in [0.05, 0.1) is 11.1 Å². The van der Waals surface area contributed by atoms with Crippen LogP contribution in [0, 0.1) is 6.92 Å². The molecule has 2 heterocycles. The van der Waals surface area contributed by atoms with Gasteiger partial charge >= 0.3 is 5.97 Å². The van der Waals surface area contributed by atoms with Gasteiger partial charge in [-0.25, -0.2) is 0 Å². The molecule has 6 nitrogen and oxygen atoms in total. The number of hydrogen-bond acceptors (Lipinski definition) is 4. The van der Waals surface area contributed by atoms with Crippen LogP contribution >= 0.6 is 0 Å². The Morgan fingerprint density at radius 2 is 1.46 bits per heavy atom. The fourth-order valence-electron chi connectivity index (χ4n) is 5.36. The number of hydrogen-bond donors (Lipinski definition) is 1. The molecule has 0 radical (unpaired) electrons. The number of amides is 1. The van der Waals surface area contributed by atoms with Crippen molar-refractivity contribution in [2.45, 2.75) is 51.1 Å². The molecule has 1 N–H and O–H groups in total. The normalized spacial score (nSPS) is 15.4. The Morgan fingerprint density at radius 1 is 0.892 bits per heavy atom. The highest BCUT2D eigenvalue weighted by molar-refractivity contribution is 5.85. The lowest BCUT2D eigenvalue weighted by molar-refractivity contribution is -0.140. The van der Waals surface area contributed by atoms with Gasteiger partial charge in [-0.1, -0.05) is 78.0 Å². The number of aliphatic carboxylic acids is 1. The molecule has 1 aliphatic heterocycles. The number of rotatable bonds is 7. The van der Waals surface area contributed by atoms with E-state index in [2.05, 4.69) is 17.3 Å². The first-order valence-corrected chi connectivity index (χ1v) is 12.7. The number of carboxylic acids is 1. The standard InChI is InChI=1S/C31H28N2O4/c1-20-27(14-15-28(34)33-18-24-4-2-3-5-25(24)19-33)29(37-32-20)23-8-6-21(7-9-23)22-10-12-26(13-11-22)31(16-17-31)30(35)36/h2-13H,14-19H2,1H3,(H,35,36). The highest BCUT2D eigenvalue weighted by atomic mass is 16.5. The molecule has 6 heteroatoms. The first kappa shape index (κ1) is 23.2. The van der Waals surface area contributed by atoms with Gasteiger partial charge in [0.1, 0.15) is 0 Å². The summed E-state index contributed by atoms with van der Waals surface area (Å²) in [6.07, 6.45) is 2.38. The Hall–Kier alpha value is -4.19. The van der Waals surface area contributed by atoms with Gasteiger partial charge in [-0.05, 0) is 54.0 Å². The average Bonchev–Trinajstić information content (AvgIpc) is 3.50. The van der Waals surface area contributed by atoms with Crippen molar-refractivity contribution in [2.75, 3.05) is 0 Å². The Morgan fingerprint density at radius 3 is 2.03 bits per heavy atom. The molecule has 1 aliphatic carbocycles. The third-order valence-electron chi connectivity index (χ3n) is 7.84. The first-order valence-electron chi connectivity index (χ1n) is 12.7. The molecule has 1 fully saturated rings. The van der Waals surface area contributed by atoms with Crippen LogP contribution in [0.3, 0.4) is 0 Å². The van der Waals surface area contributed by atoms with E-state index in [1.54, 1.807) is 0 Å². The number of aromatic nitrogens is 1. The summed E-state index contributed by atoms with van der Waals surface area (Å²) in [7, 11) is 0. The number of aryl methyl sites for hydroxylation is 1. The van der Waals surface area contributed by atoms with Crippen LogP contribution in [-0.2, 0) is 34.5 Å². The summed E-state index contributed by atoms with van der Waals surface area (Å²) in [4.78, 5) is 26.5.